The molecule has 0 aliphatic carbocycles. The molecule has 29 heavy (non-hydrogen) atoms. The van der Waals surface area contributed by atoms with Gasteiger partial charge in [0.15, 0.2) is 0 Å². The Balaban J connectivity index is 1.63. The second-order valence-electron chi connectivity index (χ2n) is 6.29. The molecular formula is C23H18N4O2. The number of ether oxygens (including phenoxy) is 1. The summed E-state index contributed by atoms with van der Waals surface area (Å²) in [6.45, 7) is 0. The first kappa shape index (κ1) is 18.3. The zero-order chi connectivity index (χ0) is 20.1. The molecule has 142 valence electrons. The maximum Gasteiger partial charge on any atom is 0.272 e. The van der Waals surface area contributed by atoms with E-state index >= 15 is 0 Å². The molecule has 6 heteroatoms. The van der Waals surface area contributed by atoms with Crippen molar-refractivity contribution in [2.75, 3.05) is 7.11 Å². The molecule has 0 radical (unpaired) electrons. The number of fused-ring (bicyclic) bond motifs is 1. The SMILES string of the molecule is COc1ccc(C=NNC(=O)c2cc(-c3cccnc3)nc3ccccc23)cc1. The Kier molecular flexibility index (Phi) is 5.25. The molecule has 0 saturated carbocycles. The number of carbonyl (C=O) groups is 1. The summed E-state index contributed by atoms with van der Waals surface area (Å²) in [5.41, 5.74) is 6.21. The van der Waals surface area contributed by atoms with Crippen LogP contribution in [0.3, 0.4) is 0 Å². The van der Waals surface area contributed by atoms with E-state index in [2.05, 4.69) is 20.5 Å². The lowest BCUT2D eigenvalue weighted by Crippen LogP contribution is -2.18. The van der Waals surface area contributed by atoms with Crippen LogP contribution >= 0.6 is 0 Å². The van der Waals surface area contributed by atoms with E-state index in [1.54, 1.807) is 31.8 Å². The number of nitrogens with zero attached hydrogens (tertiary/aromatic N) is 3. The minimum atomic E-state index is -0.307. The first-order valence-corrected chi connectivity index (χ1v) is 9.02. The number of benzene rings is 2. The number of para-hydroxylation sites is 1. The van der Waals surface area contributed by atoms with Crippen molar-refractivity contribution in [1.82, 2.24) is 15.4 Å². The van der Waals surface area contributed by atoms with Gasteiger partial charge in [-0.05, 0) is 54.1 Å². The largest absolute Gasteiger partial charge is 0.497 e. The third kappa shape index (κ3) is 4.11. The molecular weight excluding hydrogens is 364 g/mol. The average Bonchev–Trinajstić information content (AvgIpc) is 2.79. The molecule has 0 bridgehead atoms. The number of amides is 1. The fourth-order valence-electron chi connectivity index (χ4n) is 2.94. The van der Waals surface area contributed by atoms with Crippen LogP contribution in [-0.2, 0) is 0 Å². The van der Waals surface area contributed by atoms with E-state index in [0.29, 0.717) is 11.3 Å². The number of rotatable bonds is 5. The first-order chi connectivity index (χ1) is 14.2. The number of nitrogens with one attached hydrogen (secondary N) is 1. The van der Waals surface area contributed by atoms with Crippen molar-refractivity contribution < 1.29 is 9.53 Å². The Morgan fingerprint density at radius 3 is 2.66 bits per heavy atom. The van der Waals surface area contributed by atoms with Crippen LogP contribution in [0, 0.1) is 0 Å². The zero-order valence-corrected chi connectivity index (χ0v) is 15.7. The molecule has 0 saturated heterocycles. The molecule has 0 unspecified atom stereocenters. The predicted molar refractivity (Wildman–Crippen MR) is 113 cm³/mol. The minimum absolute atomic E-state index is 0.307. The highest BCUT2D eigenvalue weighted by Crippen LogP contribution is 2.24. The molecule has 1 N–H and O–H groups in total. The van der Waals surface area contributed by atoms with Crippen LogP contribution in [0.1, 0.15) is 15.9 Å². The Hall–Kier alpha value is -4.06. The summed E-state index contributed by atoms with van der Waals surface area (Å²) in [7, 11) is 1.61. The zero-order valence-electron chi connectivity index (χ0n) is 15.7. The van der Waals surface area contributed by atoms with Crippen molar-refractivity contribution in [2.24, 2.45) is 5.10 Å². The van der Waals surface area contributed by atoms with Gasteiger partial charge in [0.1, 0.15) is 5.75 Å². The highest BCUT2D eigenvalue weighted by Gasteiger charge is 2.13. The summed E-state index contributed by atoms with van der Waals surface area (Å²) in [4.78, 5) is 21.6. The van der Waals surface area contributed by atoms with Crippen LogP contribution in [0.15, 0.2) is 84.2 Å². The number of aromatic nitrogens is 2. The van der Waals surface area contributed by atoms with Gasteiger partial charge in [-0.1, -0.05) is 18.2 Å². The number of hydrogen-bond donors (Lipinski definition) is 1. The molecule has 0 fully saturated rings. The van der Waals surface area contributed by atoms with E-state index in [-0.39, 0.29) is 5.91 Å². The van der Waals surface area contributed by atoms with Gasteiger partial charge in [0.05, 0.1) is 30.1 Å². The van der Waals surface area contributed by atoms with Crippen molar-refractivity contribution in [3.8, 4) is 17.0 Å². The molecule has 0 aliphatic heterocycles. The van der Waals surface area contributed by atoms with Gasteiger partial charge >= 0.3 is 0 Å². The fourth-order valence-corrected chi connectivity index (χ4v) is 2.94. The van der Waals surface area contributed by atoms with Crippen LogP contribution < -0.4 is 10.2 Å². The standard InChI is InChI=1S/C23H18N4O2/c1-29-18-10-8-16(9-11-18)14-25-27-23(28)20-13-22(17-5-4-12-24-15-17)26-21-7-3-2-6-19(20)21/h2-15H,1H3,(H,27,28). The van der Waals surface area contributed by atoms with E-state index in [1.165, 1.54) is 0 Å². The Morgan fingerprint density at radius 2 is 1.90 bits per heavy atom. The lowest BCUT2D eigenvalue weighted by atomic mass is 10.0. The molecule has 4 rings (SSSR count). The van der Waals surface area contributed by atoms with Gasteiger partial charge in [-0.25, -0.2) is 10.4 Å². The molecule has 0 atom stereocenters. The van der Waals surface area contributed by atoms with Gasteiger partial charge in [-0.3, -0.25) is 9.78 Å². The van der Waals surface area contributed by atoms with Crippen LogP contribution in [0.25, 0.3) is 22.2 Å². The maximum absolute atomic E-state index is 12.8. The number of methoxy groups -OCH3 is 1. The Bertz CT molecular complexity index is 1170. The molecule has 6 nitrogen and oxygen atoms in total. The number of carbonyl (C=O) groups excluding carboxylic acids is 1. The minimum Gasteiger partial charge on any atom is -0.497 e. The maximum atomic E-state index is 12.8. The average molecular weight is 382 g/mol. The second kappa shape index (κ2) is 8.31. The van der Waals surface area contributed by atoms with Crippen LogP contribution in [0.5, 0.6) is 5.75 Å². The molecule has 4 aromatic rings. The summed E-state index contributed by atoms with van der Waals surface area (Å²) in [5, 5.41) is 4.85. The third-order valence-corrected chi connectivity index (χ3v) is 4.41. The molecule has 2 aromatic heterocycles. The van der Waals surface area contributed by atoms with Crippen LogP contribution in [0.4, 0.5) is 0 Å². The summed E-state index contributed by atoms with van der Waals surface area (Å²) >= 11 is 0. The number of hydrogen-bond acceptors (Lipinski definition) is 5. The van der Waals surface area contributed by atoms with E-state index in [4.69, 9.17) is 4.74 Å². The van der Waals surface area contributed by atoms with Gasteiger partial charge in [0, 0.05) is 23.3 Å². The van der Waals surface area contributed by atoms with Crippen molar-refractivity contribution in [2.45, 2.75) is 0 Å². The smallest absolute Gasteiger partial charge is 0.272 e. The quantitative estimate of drug-likeness (QED) is 0.417. The van der Waals surface area contributed by atoms with E-state index in [9.17, 15) is 4.79 Å². The highest BCUT2D eigenvalue weighted by molar-refractivity contribution is 6.07. The molecule has 2 aromatic carbocycles. The normalized spacial score (nSPS) is 10.9. The summed E-state index contributed by atoms with van der Waals surface area (Å²) < 4.78 is 5.13. The van der Waals surface area contributed by atoms with Gasteiger partial charge in [-0.15, -0.1) is 0 Å². The van der Waals surface area contributed by atoms with Crippen molar-refractivity contribution in [1.29, 1.82) is 0 Å². The Morgan fingerprint density at radius 1 is 1.07 bits per heavy atom. The van der Waals surface area contributed by atoms with Gasteiger partial charge < -0.3 is 4.74 Å². The van der Waals surface area contributed by atoms with E-state index in [1.807, 2.05) is 60.7 Å². The van der Waals surface area contributed by atoms with Crippen molar-refractivity contribution >= 4 is 23.0 Å². The fraction of sp³-hybridized carbons (Fsp3) is 0.0435. The first-order valence-electron chi connectivity index (χ1n) is 9.02. The van der Waals surface area contributed by atoms with Crippen LogP contribution in [-0.4, -0.2) is 29.2 Å². The van der Waals surface area contributed by atoms with Gasteiger partial charge in [-0.2, -0.15) is 5.10 Å². The van der Waals surface area contributed by atoms with E-state index in [0.717, 1.165) is 27.8 Å². The van der Waals surface area contributed by atoms with Gasteiger partial charge in [0.25, 0.3) is 5.91 Å². The van der Waals surface area contributed by atoms with Crippen molar-refractivity contribution in [3.05, 3.63) is 90.3 Å². The molecule has 2 heterocycles. The highest BCUT2D eigenvalue weighted by atomic mass is 16.5. The van der Waals surface area contributed by atoms with Gasteiger partial charge in [0.2, 0.25) is 0 Å². The monoisotopic (exact) mass is 382 g/mol. The lowest BCUT2D eigenvalue weighted by molar-refractivity contribution is 0.0956. The third-order valence-electron chi connectivity index (χ3n) is 4.41. The summed E-state index contributed by atoms with van der Waals surface area (Å²) in [6.07, 6.45) is 5.01. The van der Waals surface area contributed by atoms with Crippen LogP contribution in [0.2, 0.25) is 0 Å². The number of pyridine rings is 2. The van der Waals surface area contributed by atoms with Crippen molar-refractivity contribution in [3.63, 3.8) is 0 Å². The molecule has 0 aliphatic rings. The molecule has 1 amide bonds. The predicted octanol–water partition coefficient (Wildman–Crippen LogP) is 4.07. The lowest BCUT2D eigenvalue weighted by Gasteiger charge is -2.08. The second-order valence-corrected chi connectivity index (χ2v) is 6.29. The summed E-state index contributed by atoms with van der Waals surface area (Å²) in [6, 6.07) is 20.4. The topological polar surface area (TPSA) is 76.5 Å². The van der Waals surface area contributed by atoms with E-state index < -0.39 is 0 Å². The molecule has 0 spiro atoms. The summed E-state index contributed by atoms with van der Waals surface area (Å²) in [5.74, 6) is 0.455. The Labute approximate surface area is 167 Å². The number of hydrazone groups is 1.